The molecule has 0 saturated heterocycles. The molecule has 1 aromatic heterocycles. The second-order valence-corrected chi connectivity index (χ2v) is 4.29. The number of carboxylic acid groups (broad SMARTS) is 1. The van der Waals surface area contributed by atoms with Crippen LogP contribution in [0.15, 0.2) is 46.9 Å². The molecule has 0 aliphatic heterocycles. The van der Waals surface area contributed by atoms with Crippen LogP contribution in [-0.2, 0) is 0 Å². The third-order valence-electron chi connectivity index (χ3n) is 2.96. The van der Waals surface area contributed by atoms with E-state index in [9.17, 15) is 13.6 Å². The second kappa shape index (κ2) is 4.45. The summed E-state index contributed by atoms with van der Waals surface area (Å²) in [5.74, 6) is -2.06. The molecule has 0 atom stereocenters. The minimum absolute atomic E-state index is 0.204. The van der Waals surface area contributed by atoms with E-state index in [0.717, 1.165) is 12.1 Å². The van der Waals surface area contributed by atoms with E-state index in [1.165, 1.54) is 30.3 Å². The number of carbonyl (C=O) groups is 1. The van der Waals surface area contributed by atoms with Crippen LogP contribution in [-0.4, -0.2) is 11.1 Å². The molecule has 0 saturated carbocycles. The Balaban J connectivity index is 2.22. The number of rotatable bonds is 2. The van der Waals surface area contributed by atoms with Gasteiger partial charge in [-0.05, 0) is 42.5 Å². The number of fused-ring (bicyclic) bond motifs is 1. The number of hydrogen-bond acceptors (Lipinski definition) is 2. The molecule has 0 radical (unpaired) electrons. The summed E-state index contributed by atoms with van der Waals surface area (Å²) in [7, 11) is 0. The van der Waals surface area contributed by atoms with Gasteiger partial charge in [0.2, 0.25) is 0 Å². The fraction of sp³-hybridized carbons (Fsp3) is 0. The van der Waals surface area contributed by atoms with E-state index in [0.29, 0.717) is 11.0 Å². The van der Waals surface area contributed by atoms with Crippen molar-refractivity contribution in [1.29, 1.82) is 0 Å². The summed E-state index contributed by atoms with van der Waals surface area (Å²) >= 11 is 0. The molecule has 20 heavy (non-hydrogen) atoms. The lowest BCUT2D eigenvalue weighted by atomic mass is 10.0. The van der Waals surface area contributed by atoms with Gasteiger partial charge in [0.05, 0.1) is 5.56 Å². The Morgan fingerprint density at radius 3 is 2.45 bits per heavy atom. The number of aromatic carboxylic acids is 1. The number of hydrogen-bond donors (Lipinski definition) is 1. The molecule has 0 spiro atoms. The van der Waals surface area contributed by atoms with Gasteiger partial charge < -0.3 is 9.52 Å². The molecule has 1 N–H and O–H groups in total. The average Bonchev–Trinajstić information content (AvgIpc) is 2.81. The van der Waals surface area contributed by atoms with Gasteiger partial charge in [-0.25, -0.2) is 13.6 Å². The largest absolute Gasteiger partial charge is 0.478 e. The summed E-state index contributed by atoms with van der Waals surface area (Å²) in [6, 6.07) is 8.91. The Bertz CT molecular complexity index is 821. The van der Waals surface area contributed by atoms with Crippen LogP contribution in [0.4, 0.5) is 8.78 Å². The van der Waals surface area contributed by atoms with Gasteiger partial charge in [0.25, 0.3) is 0 Å². The summed E-state index contributed by atoms with van der Waals surface area (Å²) in [5, 5.41) is 9.62. The number of furan rings is 1. The van der Waals surface area contributed by atoms with Crippen molar-refractivity contribution in [2.45, 2.75) is 0 Å². The average molecular weight is 274 g/mol. The zero-order valence-electron chi connectivity index (χ0n) is 10.1. The summed E-state index contributed by atoms with van der Waals surface area (Å²) in [4.78, 5) is 11.1. The van der Waals surface area contributed by atoms with E-state index in [4.69, 9.17) is 9.52 Å². The van der Waals surface area contributed by atoms with E-state index in [2.05, 4.69) is 0 Å². The van der Waals surface area contributed by atoms with Crippen LogP contribution in [0.2, 0.25) is 0 Å². The number of halogens is 2. The van der Waals surface area contributed by atoms with E-state index in [-0.39, 0.29) is 16.9 Å². The molecular formula is C15H8F2O3. The second-order valence-electron chi connectivity index (χ2n) is 4.29. The first kappa shape index (κ1) is 12.3. The minimum Gasteiger partial charge on any atom is -0.478 e. The molecule has 0 fully saturated rings. The molecule has 100 valence electrons. The van der Waals surface area contributed by atoms with Gasteiger partial charge >= 0.3 is 5.97 Å². The zero-order chi connectivity index (χ0) is 14.3. The van der Waals surface area contributed by atoms with Crippen molar-refractivity contribution < 1.29 is 23.1 Å². The van der Waals surface area contributed by atoms with Crippen LogP contribution >= 0.6 is 0 Å². The molecule has 0 unspecified atom stereocenters. The van der Waals surface area contributed by atoms with E-state index >= 15 is 0 Å². The quantitative estimate of drug-likeness (QED) is 0.766. The molecule has 0 aliphatic rings. The highest BCUT2D eigenvalue weighted by Gasteiger charge is 2.16. The van der Waals surface area contributed by atoms with Crippen LogP contribution < -0.4 is 0 Å². The highest BCUT2D eigenvalue weighted by molar-refractivity contribution is 5.96. The van der Waals surface area contributed by atoms with Crippen LogP contribution in [0.1, 0.15) is 10.4 Å². The topological polar surface area (TPSA) is 50.4 Å². The lowest BCUT2D eigenvalue weighted by molar-refractivity contribution is 0.0697. The molecule has 0 amide bonds. The maximum absolute atomic E-state index is 13.1. The van der Waals surface area contributed by atoms with Gasteiger partial charge in [-0.3, -0.25) is 0 Å². The standard InChI is InChI=1S/C15H8F2O3/c16-9-2-4-13-8(5-9)6-14(20-13)11-3-1-10(17)7-12(11)15(18)19/h1-7H,(H,18,19). The molecule has 5 heteroatoms. The smallest absolute Gasteiger partial charge is 0.336 e. The fourth-order valence-corrected chi connectivity index (χ4v) is 2.06. The third kappa shape index (κ3) is 2.03. The molecule has 0 bridgehead atoms. The van der Waals surface area contributed by atoms with E-state index in [1.807, 2.05) is 0 Å². The minimum atomic E-state index is -1.26. The van der Waals surface area contributed by atoms with Crippen molar-refractivity contribution >= 4 is 16.9 Å². The Labute approximate surface area is 112 Å². The molecule has 3 aromatic rings. The van der Waals surface area contributed by atoms with E-state index < -0.39 is 17.6 Å². The number of benzene rings is 2. The first-order chi connectivity index (χ1) is 9.54. The van der Waals surface area contributed by atoms with Crippen molar-refractivity contribution in [3.05, 3.63) is 59.7 Å². The van der Waals surface area contributed by atoms with Crippen molar-refractivity contribution in [1.82, 2.24) is 0 Å². The fourth-order valence-electron chi connectivity index (χ4n) is 2.06. The lowest BCUT2D eigenvalue weighted by Gasteiger charge is -2.02. The summed E-state index contributed by atoms with van der Waals surface area (Å²) < 4.78 is 31.7. The Morgan fingerprint density at radius 2 is 1.70 bits per heavy atom. The zero-order valence-corrected chi connectivity index (χ0v) is 10.1. The van der Waals surface area contributed by atoms with Gasteiger partial charge in [0.1, 0.15) is 23.0 Å². The van der Waals surface area contributed by atoms with Gasteiger partial charge in [-0.1, -0.05) is 0 Å². The van der Waals surface area contributed by atoms with Gasteiger partial charge in [-0.2, -0.15) is 0 Å². The van der Waals surface area contributed by atoms with Gasteiger partial charge in [-0.15, -0.1) is 0 Å². The first-order valence-electron chi connectivity index (χ1n) is 5.77. The maximum atomic E-state index is 13.1. The maximum Gasteiger partial charge on any atom is 0.336 e. The van der Waals surface area contributed by atoms with Crippen LogP contribution in [0.3, 0.4) is 0 Å². The van der Waals surface area contributed by atoms with E-state index in [1.54, 1.807) is 0 Å². The molecule has 0 aliphatic carbocycles. The van der Waals surface area contributed by atoms with Crippen molar-refractivity contribution in [2.75, 3.05) is 0 Å². The van der Waals surface area contributed by atoms with Crippen molar-refractivity contribution in [3.8, 4) is 11.3 Å². The normalized spacial score (nSPS) is 10.9. The highest BCUT2D eigenvalue weighted by Crippen LogP contribution is 2.31. The summed E-state index contributed by atoms with van der Waals surface area (Å²) in [6.45, 7) is 0. The highest BCUT2D eigenvalue weighted by atomic mass is 19.1. The Hall–Kier alpha value is -2.69. The van der Waals surface area contributed by atoms with Crippen molar-refractivity contribution in [3.63, 3.8) is 0 Å². The van der Waals surface area contributed by atoms with Crippen molar-refractivity contribution in [2.24, 2.45) is 0 Å². The molecule has 3 rings (SSSR count). The Kier molecular flexibility index (Phi) is 2.75. The van der Waals surface area contributed by atoms with Crippen LogP contribution in [0.5, 0.6) is 0 Å². The van der Waals surface area contributed by atoms with Crippen LogP contribution in [0.25, 0.3) is 22.3 Å². The third-order valence-corrected chi connectivity index (χ3v) is 2.96. The number of carboxylic acids is 1. The van der Waals surface area contributed by atoms with Gasteiger partial charge in [0.15, 0.2) is 0 Å². The Morgan fingerprint density at radius 1 is 1.00 bits per heavy atom. The predicted molar refractivity (Wildman–Crippen MR) is 68.5 cm³/mol. The molecule has 2 aromatic carbocycles. The van der Waals surface area contributed by atoms with Crippen LogP contribution in [0, 0.1) is 11.6 Å². The molecule has 1 heterocycles. The summed E-state index contributed by atoms with van der Waals surface area (Å²) in [6.07, 6.45) is 0. The lowest BCUT2D eigenvalue weighted by Crippen LogP contribution is -1.99. The summed E-state index contributed by atoms with van der Waals surface area (Å²) in [5.41, 5.74) is 0.474. The molecule has 3 nitrogen and oxygen atoms in total. The predicted octanol–water partition coefficient (Wildman–Crippen LogP) is 4.08. The first-order valence-corrected chi connectivity index (χ1v) is 5.77. The monoisotopic (exact) mass is 274 g/mol. The SMILES string of the molecule is O=C(O)c1cc(F)ccc1-c1cc2cc(F)ccc2o1. The van der Waals surface area contributed by atoms with Gasteiger partial charge in [0, 0.05) is 10.9 Å². The molecular weight excluding hydrogens is 266 g/mol.